The first kappa shape index (κ1) is 37.5. The fourth-order valence-corrected chi connectivity index (χ4v) is 5.44. The SMILES string of the molecule is CCCCOC(=O)C(CCCCC(=O)OC)CC(CCc1ccc(CCC)cc1)C(=O)NCC(=O)N(c1ccccc1)C(C)C. The molecule has 0 fully saturated rings. The summed E-state index contributed by atoms with van der Waals surface area (Å²) in [7, 11) is 1.36. The Balaban J connectivity index is 2.20. The van der Waals surface area contributed by atoms with Crippen LogP contribution in [-0.2, 0) is 41.5 Å². The van der Waals surface area contributed by atoms with Gasteiger partial charge in [-0.25, -0.2) is 0 Å². The van der Waals surface area contributed by atoms with Crippen molar-refractivity contribution in [2.75, 3.05) is 25.2 Å². The molecule has 0 spiro atoms. The second kappa shape index (κ2) is 21.1. The minimum absolute atomic E-state index is 0.0875. The number of nitrogens with one attached hydrogen (secondary N) is 1. The summed E-state index contributed by atoms with van der Waals surface area (Å²) in [4.78, 5) is 53.5. The van der Waals surface area contributed by atoms with Gasteiger partial charge in [-0.15, -0.1) is 0 Å². The summed E-state index contributed by atoms with van der Waals surface area (Å²) in [6, 6.07) is 17.8. The Labute approximate surface area is 270 Å². The fraction of sp³-hybridized carbons (Fsp3) is 0.568. The van der Waals surface area contributed by atoms with Crippen LogP contribution in [0.4, 0.5) is 5.69 Å². The van der Waals surface area contributed by atoms with Crippen LogP contribution >= 0.6 is 0 Å². The highest BCUT2D eigenvalue weighted by atomic mass is 16.5. The number of amides is 2. The van der Waals surface area contributed by atoms with Crippen molar-refractivity contribution in [1.29, 1.82) is 0 Å². The molecule has 0 aromatic heterocycles. The van der Waals surface area contributed by atoms with Gasteiger partial charge in [-0.05, 0) is 82.1 Å². The van der Waals surface area contributed by atoms with Crippen molar-refractivity contribution in [3.63, 3.8) is 0 Å². The first-order valence-electron chi connectivity index (χ1n) is 16.7. The number of benzene rings is 2. The van der Waals surface area contributed by atoms with Crippen LogP contribution in [0.1, 0.15) is 96.6 Å². The van der Waals surface area contributed by atoms with E-state index in [9.17, 15) is 19.2 Å². The van der Waals surface area contributed by atoms with Crippen LogP contribution in [0.5, 0.6) is 0 Å². The average Bonchev–Trinajstić information content (AvgIpc) is 3.04. The molecule has 8 heteroatoms. The predicted molar refractivity (Wildman–Crippen MR) is 179 cm³/mol. The van der Waals surface area contributed by atoms with Crippen LogP contribution in [0, 0.1) is 11.8 Å². The number of aryl methyl sites for hydroxylation is 2. The summed E-state index contributed by atoms with van der Waals surface area (Å²) in [5, 5.41) is 2.89. The van der Waals surface area contributed by atoms with Gasteiger partial charge < -0.3 is 19.7 Å². The molecule has 0 aliphatic carbocycles. The van der Waals surface area contributed by atoms with E-state index in [2.05, 4.69) is 36.5 Å². The van der Waals surface area contributed by atoms with E-state index in [1.807, 2.05) is 51.1 Å². The summed E-state index contributed by atoms with van der Waals surface area (Å²) in [6.07, 6.45) is 7.29. The van der Waals surface area contributed by atoms with Crippen LogP contribution in [0.2, 0.25) is 0 Å². The molecule has 0 saturated carbocycles. The standard InChI is InChI=1S/C37H54N2O6/c1-6-8-25-45-37(43)32(15-12-13-18-35(41)44-5)26-31(24-23-30-21-19-29(14-7-2)20-22-30)36(42)38-27-34(40)39(28(3)4)33-16-10-9-11-17-33/h9-11,16-17,19-22,28,31-32H,6-8,12-15,18,23-27H2,1-5H3,(H,38,42). The van der Waals surface area contributed by atoms with E-state index in [1.165, 1.54) is 12.7 Å². The van der Waals surface area contributed by atoms with E-state index in [0.29, 0.717) is 45.1 Å². The van der Waals surface area contributed by atoms with Gasteiger partial charge in [0.1, 0.15) is 0 Å². The number of esters is 2. The molecule has 0 radical (unpaired) electrons. The molecule has 248 valence electrons. The lowest BCUT2D eigenvalue weighted by Gasteiger charge is -2.28. The topological polar surface area (TPSA) is 102 Å². The normalized spacial score (nSPS) is 12.3. The number of nitrogens with zero attached hydrogens (tertiary/aromatic N) is 1. The number of anilines is 1. The minimum Gasteiger partial charge on any atom is -0.469 e. The maximum Gasteiger partial charge on any atom is 0.308 e. The Morgan fingerprint density at radius 3 is 2.07 bits per heavy atom. The monoisotopic (exact) mass is 622 g/mol. The zero-order chi connectivity index (χ0) is 33.0. The summed E-state index contributed by atoms with van der Waals surface area (Å²) >= 11 is 0. The molecule has 8 nitrogen and oxygen atoms in total. The van der Waals surface area contributed by atoms with Gasteiger partial charge in [-0.2, -0.15) is 0 Å². The van der Waals surface area contributed by atoms with Gasteiger partial charge in [0.15, 0.2) is 0 Å². The number of para-hydroxylation sites is 1. The zero-order valence-corrected chi connectivity index (χ0v) is 28.0. The van der Waals surface area contributed by atoms with Gasteiger partial charge in [0.05, 0.1) is 26.2 Å². The largest absolute Gasteiger partial charge is 0.469 e. The lowest BCUT2D eigenvalue weighted by molar-refractivity contribution is -0.150. The summed E-state index contributed by atoms with van der Waals surface area (Å²) in [6.45, 7) is 8.27. The number of hydrogen-bond acceptors (Lipinski definition) is 6. The van der Waals surface area contributed by atoms with Crippen molar-refractivity contribution in [3.05, 3.63) is 65.7 Å². The molecule has 0 aliphatic heterocycles. The molecule has 0 saturated heterocycles. The van der Waals surface area contributed by atoms with Crippen molar-refractivity contribution in [2.45, 2.75) is 104 Å². The maximum atomic E-state index is 13.7. The zero-order valence-electron chi connectivity index (χ0n) is 28.0. The third-order valence-corrected chi connectivity index (χ3v) is 8.00. The van der Waals surface area contributed by atoms with Gasteiger partial charge >= 0.3 is 11.9 Å². The molecule has 2 unspecified atom stereocenters. The van der Waals surface area contributed by atoms with Crippen molar-refractivity contribution >= 4 is 29.4 Å². The first-order valence-corrected chi connectivity index (χ1v) is 16.7. The molecule has 45 heavy (non-hydrogen) atoms. The first-order chi connectivity index (χ1) is 21.7. The number of unbranched alkanes of at least 4 members (excludes halogenated alkanes) is 2. The van der Waals surface area contributed by atoms with Gasteiger partial charge in [0.2, 0.25) is 11.8 Å². The quantitative estimate of drug-likeness (QED) is 0.121. The van der Waals surface area contributed by atoms with Gasteiger partial charge in [0, 0.05) is 24.1 Å². The predicted octanol–water partition coefficient (Wildman–Crippen LogP) is 6.83. The van der Waals surface area contributed by atoms with Crippen molar-refractivity contribution in [3.8, 4) is 0 Å². The van der Waals surface area contributed by atoms with Crippen LogP contribution in [0.25, 0.3) is 0 Å². The van der Waals surface area contributed by atoms with Crippen LogP contribution < -0.4 is 10.2 Å². The molecule has 2 atom stereocenters. The lowest BCUT2D eigenvalue weighted by Crippen LogP contribution is -2.45. The van der Waals surface area contributed by atoms with Gasteiger partial charge in [-0.1, -0.05) is 75.6 Å². The summed E-state index contributed by atoms with van der Waals surface area (Å²) in [5.74, 6) is -2.03. The van der Waals surface area contributed by atoms with E-state index >= 15 is 0 Å². The molecule has 0 bridgehead atoms. The molecule has 1 N–H and O–H groups in total. The van der Waals surface area contributed by atoms with Crippen molar-refractivity contribution < 1.29 is 28.7 Å². The Bertz CT molecular complexity index is 1170. The van der Waals surface area contributed by atoms with Gasteiger partial charge in [0.25, 0.3) is 0 Å². The molecule has 2 aromatic carbocycles. The third kappa shape index (κ3) is 13.9. The highest BCUT2D eigenvalue weighted by molar-refractivity contribution is 5.97. The van der Waals surface area contributed by atoms with E-state index in [4.69, 9.17) is 9.47 Å². The molecule has 0 heterocycles. The van der Waals surface area contributed by atoms with E-state index in [-0.39, 0.29) is 42.8 Å². The van der Waals surface area contributed by atoms with Crippen LogP contribution in [0.15, 0.2) is 54.6 Å². The minimum atomic E-state index is -0.498. The molecule has 2 amide bonds. The number of carbonyl (C=O) groups is 4. The second-order valence-corrected chi connectivity index (χ2v) is 12.0. The van der Waals surface area contributed by atoms with Gasteiger partial charge in [-0.3, -0.25) is 19.2 Å². The Kier molecular flexibility index (Phi) is 17.6. The van der Waals surface area contributed by atoms with E-state index < -0.39 is 11.8 Å². The van der Waals surface area contributed by atoms with Crippen LogP contribution in [0.3, 0.4) is 0 Å². The Morgan fingerprint density at radius 1 is 0.800 bits per heavy atom. The molecular weight excluding hydrogens is 568 g/mol. The van der Waals surface area contributed by atoms with Crippen LogP contribution in [-0.4, -0.2) is 50.1 Å². The highest BCUT2D eigenvalue weighted by Crippen LogP contribution is 2.25. The highest BCUT2D eigenvalue weighted by Gasteiger charge is 2.29. The molecule has 2 aromatic rings. The Morgan fingerprint density at radius 2 is 1.47 bits per heavy atom. The number of hydrogen-bond donors (Lipinski definition) is 1. The number of rotatable bonds is 21. The molecule has 2 rings (SSSR count). The lowest BCUT2D eigenvalue weighted by atomic mass is 9.86. The summed E-state index contributed by atoms with van der Waals surface area (Å²) in [5.41, 5.74) is 3.18. The molecule has 0 aliphatic rings. The molecular formula is C37H54N2O6. The van der Waals surface area contributed by atoms with Crippen molar-refractivity contribution in [2.24, 2.45) is 11.8 Å². The smallest absolute Gasteiger partial charge is 0.308 e. The second-order valence-electron chi connectivity index (χ2n) is 12.0. The summed E-state index contributed by atoms with van der Waals surface area (Å²) < 4.78 is 10.4. The number of carbonyl (C=O) groups excluding carboxylic acids is 4. The van der Waals surface area contributed by atoms with E-state index in [1.54, 1.807) is 4.90 Å². The Hall–Kier alpha value is -3.68. The van der Waals surface area contributed by atoms with E-state index in [0.717, 1.165) is 36.9 Å². The average molecular weight is 623 g/mol. The van der Waals surface area contributed by atoms with Crippen molar-refractivity contribution in [1.82, 2.24) is 5.32 Å². The number of ether oxygens (including phenoxy) is 2. The fourth-order valence-electron chi connectivity index (χ4n) is 5.44. The number of methoxy groups -OCH3 is 1. The maximum absolute atomic E-state index is 13.7. The third-order valence-electron chi connectivity index (χ3n) is 8.00.